The van der Waals surface area contributed by atoms with Gasteiger partial charge in [0.15, 0.2) is 0 Å². The lowest BCUT2D eigenvalue weighted by Gasteiger charge is -2.24. The Bertz CT molecular complexity index is 620. The largest absolute Gasteiger partial charge is 0.391 e. The van der Waals surface area contributed by atoms with Crippen molar-refractivity contribution in [2.75, 3.05) is 7.05 Å². The Morgan fingerprint density at radius 1 is 1.19 bits per heavy atom. The lowest BCUT2D eigenvalue weighted by Crippen LogP contribution is -2.30. The highest BCUT2D eigenvalue weighted by Gasteiger charge is 2.25. The van der Waals surface area contributed by atoms with Crippen LogP contribution in [0.4, 0.5) is 0 Å². The van der Waals surface area contributed by atoms with Gasteiger partial charge in [-0.15, -0.1) is 0 Å². The maximum absolute atomic E-state index is 8.03. The molecule has 0 radical (unpaired) electrons. The number of aliphatic imine (C=N–C) groups is 1. The van der Waals surface area contributed by atoms with Crippen LogP contribution in [0, 0.1) is 11.3 Å². The number of hydrogen-bond acceptors (Lipinski definition) is 4. The fourth-order valence-corrected chi connectivity index (χ4v) is 3.69. The molecule has 2 saturated carbocycles. The molecule has 2 aliphatic rings. The van der Waals surface area contributed by atoms with E-state index in [2.05, 4.69) is 23.6 Å². The van der Waals surface area contributed by atoms with Crippen molar-refractivity contribution in [2.45, 2.75) is 77.7 Å². The smallest absolute Gasteiger partial charge is 0.122 e. The van der Waals surface area contributed by atoms with Crippen molar-refractivity contribution >= 4 is 23.5 Å². The Labute approximate surface area is 169 Å². The van der Waals surface area contributed by atoms with Gasteiger partial charge in [0.1, 0.15) is 5.82 Å². The molecule has 5 heteroatoms. The van der Waals surface area contributed by atoms with Crippen LogP contribution in [0.25, 0.3) is 0 Å². The molecule has 0 aromatic rings. The molecule has 3 N–H and O–H groups in total. The van der Waals surface area contributed by atoms with Crippen LogP contribution in [-0.2, 0) is 0 Å². The molecule has 0 spiro atoms. The van der Waals surface area contributed by atoms with Crippen LogP contribution < -0.4 is 10.6 Å². The summed E-state index contributed by atoms with van der Waals surface area (Å²) in [6.45, 7) is 4.03. The Hall–Kier alpha value is -1.55. The van der Waals surface area contributed by atoms with E-state index in [1.54, 1.807) is 0 Å². The molecule has 0 amide bonds. The van der Waals surface area contributed by atoms with E-state index in [-0.39, 0.29) is 0 Å². The first-order chi connectivity index (χ1) is 13.1. The molecule has 0 heterocycles. The lowest BCUT2D eigenvalue weighted by atomic mass is 9.95. The molecule has 0 aromatic carbocycles. The number of halogens is 1. The predicted octanol–water partition coefficient (Wildman–Crippen LogP) is 5.67. The molecule has 2 rings (SSSR count). The molecule has 0 unspecified atom stereocenters. The van der Waals surface area contributed by atoms with Crippen LogP contribution in [0.2, 0.25) is 0 Å². The van der Waals surface area contributed by atoms with Gasteiger partial charge < -0.3 is 16.0 Å². The van der Waals surface area contributed by atoms with Crippen LogP contribution >= 0.6 is 11.6 Å². The average Bonchev–Trinajstić information content (AvgIpc) is 3.51. The van der Waals surface area contributed by atoms with Gasteiger partial charge in [0, 0.05) is 30.6 Å². The van der Waals surface area contributed by atoms with Gasteiger partial charge in [0.25, 0.3) is 0 Å². The fraction of sp³-hybridized carbons (Fsp3) is 0.636. The fourth-order valence-electron chi connectivity index (χ4n) is 3.54. The van der Waals surface area contributed by atoms with Gasteiger partial charge in [-0.2, -0.15) is 0 Å². The van der Waals surface area contributed by atoms with Crippen molar-refractivity contribution in [1.29, 1.82) is 5.41 Å². The topological polar surface area (TPSA) is 60.3 Å². The van der Waals surface area contributed by atoms with Gasteiger partial charge in [-0.25, -0.2) is 4.99 Å². The van der Waals surface area contributed by atoms with Crippen molar-refractivity contribution in [1.82, 2.24) is 10.6 Å². The van der Waals surface area contributed by atoms with Crippen molar-refractivity contribution < 1.29 is 0 Å². The summed E-state index contributed by atoms with van der Waals surface area (Å²) in [7, 11) is 1.92. The van der Waals surface area contributed by atoms with E-state index in [0.717, 1.165) is 35.9 Å². The van der Waals surface area contributed by atoms with Gasteiger partial charge in [-0.1, -0.05) is 43.9 Å². The first kappa shape index (κ1) is 21.7. The van der Waals surface area contributed by atoms with E-state index >= 15 is 0 Å². The summed E-state index contributed by atoms with van der Waals surface area (Å²) in [4.78, 5) is 4.92. The minimum Gasteiger partial charge on any atom is -0.391 e. The number of hydrogen-bond donors (Lipinski definition) is 3. The van der Waals surface area contributed by atoms with Crippen molar-refractivity contribution in [2.24, 2.45) is 10.9 Å². The summed E-state index contributed by atoms with van der Waals surface area (Å²) in [5.74, 6) is 1.60. The second-order valence-electron chi connectivity index (χ2n) is 7.51. The predicted molar refractivity (Wildman–Crippen MR) is 118 cm³/mol. The maximum Gasteiger partial charge on any atom is 0.122 e. The summed E-state index contributed by atoms with van der Waals surface area (Å²) in [5.41, 5.74) is 2.53. The quantitative estimate of drug-likeness (QED) is 0.421. The standard InChI is InChI=1S/C22H35ClN4/c1-4-9-21(26-17-10-7-6-8-11-17)27-22(19(23)5-2)18(15-24)20(25-3)14-16-12-13-16/h5,9,15-17,24-26H,4,6-8,10-14H2,1-3H3/b19-5+,20-18+,21-9+,24-15?,27-22-. The lowest BCUT2D eigenvalue weighted by molar-refractivity contribution is 0.395. The van der Waals surface area contributed by atoms with Crippen molar-refractivity contribution in [3.63, 3.8) is 0 Å². The molecule has 4 nitrogen and oxygen atoms in total. The van der Waals surface area contributed by atoms with Gasteiger partial charge in [0.05, 0.1) is 10.7 Å². The number of nitrogens with one attached hydrogen (secondary N) is 3. The Morgan fingerprint density at radius 3 is 2.41 bits per heavy atom. The number of nitrogens with zero attached hydrogens (tertiary/aromatic N) is 1. The molecule has 0 bridgehead atoms. The Morgan fingerprint density at radius 2 is 1.89 bits per heavy atom. The minimum atomic E-state index is 0.480. The molecular formula is C22H35ClN4. The molecule has 2 aliphatic carbocycles. The van der Waals surface area contributed by atoms with Gasteiger partial charge >= 0.3 is 0 Å². The number of allylic oxidation sites excluding steroid dienone is 5. The van der Waals surface area contributed by atoms with E-state index in [9.17, 15) is 0 Å². The van der Waals surface area contributed by atoms with E-state index in [4.69, 9.17) is 22.0 Å². The zero-order valence-corrected chi connectivity index (χ0v) is 17.8. The highest BCUT2D eigenvalue weighted by atomic mass is 35.5. The third-order valence-electron chi connectivity index (χ3n) is 5.28. The average molecular weight is 391 g/mol. The Kier molecular flexibility index (Phi) is 9.12. The van der Waals surface area contributed by atoms with E-state index in [0.29, 0.717) is 16.8 Å². The SMILES string of the molecule is C\C=C(Cl)/C(=N\C(=C\CC)NC1CCCCC1)C(/C=N)=C(\CC1CC1)NC. The summed E-state index contributed by atoms with van der Waals surface area (Å²) in [6, 6.07) is 0.480. The van der Waals surface area contributed by atoms with Gasteiger partial charge in [-0.3, -0.25) is 0 Å². The van der Waals surface area contributed by atoms with E-state index < -0.39 is 0 Å². The molecule has 27 heavy (non-hydrogen) atoms. The molecule has 0 aromatic heterocycles. The van der Waals surface area contributed by atoms with E-state index in [1.165, 1.54) is 51.2 Å². The first-order valence-corrected chi connectivity index (χ1v) is 10.8. The highest BCUT2D eigenvalue weighted by molar-refractivity contribution is 6.48. The van der Waals surface area contributed by atoms with Crippen LogP contribution in [-0.4, -0.2) is 25.0 Å². The van der Waals surface area contributed by atoms with Crippen molar-refractivity contribution in [3.05, 3.63) is 34.3 Å². The second-order valence-corrected chi connectivity index (χ2v) is 7.92. The molecule has 0 atom stereocenters. The summed E-state index contributed by atoms with van der Waals surface area (Å²) in [5, 5.41) is 15.5. The molecular weight excluding hydrogens is 356 g/mol. The molecule has 150 valence electrons. The normalized spacial score (nSPS) is 21.0. The summed E-state index contributed by atoms with van der Waals surface area (Å²) < 4.78 is 0. The van der Waals surface area contributed by atoms with Gasteiger partial charge in [0.2, 0.25) is 0 Å². The summed E-state index contributed by atoms with van der Waals surface area (Å²) >= 11 is 6.56. The van der Waals surface area contributed by atoms with Crippen LogP contribution in [0.5, 0.6) is 0 Å². The van der Waals surface area contributed by atoms with Crippen molar-refractivity contribution in [3.8, 4) is 0 Å². The van der Waals surface area contributed by atoms with Crippen LogP contribution in [0.1, 0.15) is 71.6 Å². The minimum absolute atomic E-state index is 0.480. The van der Waals surface area contributed by atoms with E-state index in [1.807, 2.05) is 20.0 Å². The number of rotatable bonds is 10. The third kappa shape index (κ3) is 6.84. The monoisotopic (exact) mass is 390 g/mol. The third-order valence-corrected chi connectivity index (χ3v) is 5.68. The molecule has 0 aliphatic heterocycles. The molecule has 0 saturated heterocycles. The van der Waals surface area contributed by atoms with Crippen LogP contribution in [0.3, 0.4) is 0 Å². The second kappa shape index (κ2) is 11.3. The van der Waals surface area contributed by atoms with Crippen LogP contribution in [0.15, 0.2) is 39.3 Å². The first-order valence-electron chi connectivity index (χ1n) is 10.4. The molecule has 2 fully saturated rings. The maximum atomic E-state index is 8.03. The Balaban J connectivity index is 2.36. The zero-order valence-electron chi connectivity index (χ0n) is 17.1. The summed E-state index contributed by atoms with van der Waals surface area (Å²) in [6.07, 6.45) is 16.0. The van der Waals surface area contributed by atoms with Gasteiger partial charge in [-0.05, 0) is 57.4 Å². The highest BCUT2D eigenvalue weighted by Crippen LogP contribution is 2.35. The zero-order chi connectivity index (χ0) is 19.6.